The average molecular weight is 533 g/mol. The summed E-state index contributed by atoms with van der Waals surface area (Å²) >= 11 is 0. The molecule has 39 heavy (non-hydrogen) atoms. The number of methoxy groups -OCH3 is 4. The first-order chi connectivity index (χ1) is 19.1. The number of hydrogen-bond acceptors (Lipinski definition) is 10. The number of carbonyl (C=O) groups is 1. The smallest absolute Gasteiger partial charge is 0.184 e. The highest BCUT2D eigenvalue weighted by Gasteiger charge is 2.29. The fourth-order valence-corrected chi connectivity index (χ4v) is 5.00. The van der Waals surface area contributed by atoms with Gasteiger partial charge in [-0.2, -0.15) is 0 Å². The Kier molecular flexibility index (Phi) is 7.76. The molecule has 0 spiro atoms. The van der Waals surface area contributed by atoms with Gasteiger partial charge < -0.3 is 23.8 Å². The van der Waals surface area contributed by atoms with Gasteiger partial charge >= 0.3 is 0 Å². The van der Waals surface area contributed by atoms with Crippen molar-refractivity contribution in [2.75, 3.05) is 33.3 Å². The fourth-order valence-electron chi connectivity index (χ4n) is 5.00. The lowest BCUT2D eigenvalue weighted by Gasteiger charge is -2.26. The molecule has 1 aliphatic carbocycles. The normalized spacial score (nSPS) is 15.3. The van der Waals surface area contributed by atoms with Crippen LogP contribution in [0.25, 0.3) is 11.2 Å². The summed E-state index contributed by atoms with van der Waals surface area (Å²) in [5, 5.41) is 8.84. The molecule has 2 aromatic carbocycles. The number of rotatable bonds is 10. The maximum atomic E-state index is 12.7. The number of hydrogen-bond donors (Lipinski definition) is 0. The van der Waals surface area contributed by atoms with Gasteiger partial charge in [0.25, 0.3) is 0 Å². The van der Waals surface area contributed by atoms with Gasteiger partial charge in [-0.05, 0) is 37.1 Å². The van der Waals surface area contributed by atoms with E-state index in [9.17, 15) is 4.79 Å². The number of benzene rings is 2. The number of aromatic nitrogens is 5. The number of carbonyl (C=O) groups excluding carboxylic acids is 1. The van der Waals surface area contributed by atoms with Gasteiger partial charge in [-0.3, -0.25) is 4.79 Å². The molecule has 0 radical (unpaired) electrons. The summed E-state index contributed by atoms with van der Waals surface area (Å²) in [7, 11) is 6.50. The lowest BCUT2D eigenvalue weighted by molar-refractivity contribution is -0.124. The largest absolute Gasteiger partial charge is 0.497 e. The van der Waals surface area contributed by atoms with Crippen LogP contribution in [0.5, 0.6) is 23.0 Å². The summed E-state index contributed by atoms with van der Waals surface area (Å²) < 4.78 is 23.8. The monoisotopic (exact) mass is 532 g/mol. The average Bonchev–Trinajstić information content (AvgIpc) is 3.41. The first-order valence-electron chi connectivity index (χ1n) is 12.8. The number of ether oxygens (including phenoxy) is 4. The third kappa shape index (κ3) is 5.29. The van der Waals surface area contributed by atoms with Crippen LogP contribution in [0, 0.1) is 0 Å². The van der Waals surface area contributed by atoms with Crippen LogP contribution >= 0.6 is 0 Å². The Morgan fingerprint density at radius 1 is 0.872 bits per heavy atom. The Balaban J connectivity index is 1.59. The second kappa shape index (κ2) is 11.5. The molecule has 5 rings (SSSR count). The molecular formula is C28H32N6O5. The van der Waals surface area contributed by atoms with E-state index in [-0.39, 0.29) is 11.8 Å². The van der Waals surface area contributed by atoms with E-state index >= 15 is 0 Å². The molecule has 1 fully saturated rings. The van der Waals surface area contributed by atoms with Gasteiger partial charge in [0.15, 0.2) is 22.8 Å². The highest BCUT2D eigenvalue weighted by atomic mass is 16.5. The van der Waals surface area contributed by atoms with Gasteiger partial charge in [-0.25, -0.2) is 14.6 Å². The van der Waals surface area contributed by atoms with Crippen molar-refractivity contribution >= 4 is 22.8 Å². The summed E-state index contributed by atoms with van der Waals surface area (Å²) in [4.78, 5) is 23.9. The van der Waals surface area contributed by atoms with E-state index in [1.54, 1.807) is 33.1 Å². The van der Waals surface area contributed by atoms with Gasteiger partial charge in [0.05, 0.1) is 28.4 Å². The lowest BCUT2D eigenvalue weighted by atomic mass is 9.94. The molecule has 0 saturated heterocycles. The third-order valence-corrected chi connectivity index (χ3v) is 7.07. The molecule has 0 amide bonds. The van der Waals surface area contributed by atoms with Crippen molar-refractivity contribution in [2.45, 2.75) is 44.8 Å². The molecule has 4 aromatic rings. The summed E-state index contributed by atoms with van der Waals surface area (Å²) in [6.07, 6.45) is 4.64. The lowest BCUT2D eigenvalue weighted by Crippen LogP contribution is -2.25. The number of Topliss-reactive ketones (excluding diaryl/α,β-unsaturated/α-hetero) is 1. The van der Waals surface area contributed by atoms with E-state index in [4.69, 9.17) is 18.9 Å². The van der Waals surface area contributed by atoms with E-state index in [1.165, 1.54) is 6.33 Å². The van der Waals surface area contributed by atoms with E-state index in [1.807, 2.05) is 36.4 Å². The minimum absolute atomic E-state index is 0.163. The van der Waals surface area contributed by atoms with E-state index < -0.39 is 0 Å². The third-order valence-electron chi connectivity index (χ3n) is 7.07. The van der Waals surface area contributed by atoms with Crippen LogP contribution in [-0.2, 0) is 17.9 Å². The molecule has 1 saturated carbocycles. The molecule has 11 nitrogen and oxygen atoms in total. The minimum Gasteiger partial charge on any atom is -0.497 e. The van der Waals surface area contributed by atoms with Crippen LogP contribution in [0.15, 0.2) is 42.7 Å². The van der Waals surface area contributed by atoms with Crippen molar-refractivity contribution in [3.05, 3.63) is 53.9 Å². The molecular weight excluding hydrogens is 500 g/mol. The molecule has 0 N–H and O–H groups in total. The number of nitrogens with zero attached hydrogens (tertiary/aromatic N) is 6. The molecule has 2 heterocycles. The zero-order chi connectivity index (χ0) is 27.4. The quantitative estimate of drug-likeness (QED) is 0.295. The topological polar surface area (TPSA) is 114 Å². The molecule has 0 bridgehead atoms. The first-order valence-corrected chi connectivity index (χ1v) is 12.8. The van der Waals surface area contributed by atoms with Crippen LogP contribution in [-0.4, -0.2) is 59.2 Å². The summed E-state index contributed by atoms with van der Waals surface area (Å²) in [5.41, 5.74) is 2.91. The van der Waals surface area contributed by atoms with Crippen molar-refractivity contribution in [3.8, 4) is 23.0 Å². The van der Waals surface area contributed by atoms with Crippen molar-refractivity contribution in [1.29, 1.82) is 0 Å². The zero-order valence-corrected chi connectivity index (χ0v) is 22.6. The van der Waals surface area contributed by atoms with Crippen LogP contribution in [0.3, 0.4) is 0 Å². The predicted molar refractivity (Wildman–Crippen MR) is 145 cm³/mol. The molecule has 0 aliphatic heterocycles. The standard InChI is InChI=1S/C28H32N6O5/c1-36-20-11-9-18(24(13-20)38-3)15-33(16-19-10-12-21(37-2)14-25(19)39-4)27-26-28(30-17-29-27)34(32-31-26)22-7-5-6-8-23(22)35/h9-14,17,22H,5-8,15-16H2,1-4H3. The number of fused-ring (bicyclic) bond motifs is 1. The maximum absolute atomic E-state index is 12.7. The molecule has 1 unspecified atom stereocenters. The van der Waals surface area contributed by atoms with Crippen molar-refractivity contribution in [1.82, 2.24) is 25.0 Å². The van der Waals surface area contributed by atoms with E-state index in [2.05, 4.69) is 25.2 Å². The van der Waals surface area contributed by atoms with Gasteiger partial charge in [0, 0.05) is 42.8 Å². The Bertz CT molecular complexity index is 1410. The summed E-state index contributed by atoms with van der Waals surface area (Å²) in [6, 6.07) is 11.1. The SMILES string of the molecule is COc1ccc(CN(Cc2ccc(OC)cc2OC)c2ncnc3c2nnn3C2CCCCC2=O)c(OC)c1. The Labute approximate surface area is 226 Å². The maximum Gasteiger partial charge on any atom is 0.184 e. The molecule has 1 atom stereocenters. The predicted octanol–water partition coefficient (Wildman–Crippen LogP) is 4.15. The van der Waals surface area contributed by atoms with E-state index in [0.29, 0.717) is 59.5 Å². The highest BCUT2D eigenvalue weighted by Crippen LogP contribution is 2.34. The fraction of sp³-hybridized carbons (Fsp3) is 0.393. The number of anilines is 1. The van der Waals surface area contributed by atoms with Crippen LogP contribution in [0.2, 0.25) is 0 Å². The first kappa shape index (κ1) is 26.2. The summed E-state index contributed by atoms with van der Waals surface area (Å²) in [5.74, 6) is 3.51. The molecule has 2 aromatic heterocycles. The van der Waals surface area contributed by atoms with Crippen LogP contribution < -0.4 is 23.8 Å². The Morgan fingerprint density at radius 2 is 1.51 bits per heavy atom. The minimum atomic E-state index is -0.358. The van der Waals surface area contributed by atoms with Crippen molar-refractivity contribution in [2.24, 2.45) is 0 Å². The Hall–Kier alpha value is -4.41. The van der Waals surface area contributed by atoms with Gasteiger partial charge in [-0.1, -0.05) is 11.6 Å². The van der Waals surface area contributed by atoms with Crippen molar-refractivity contribution in [3.63, 3.8) is 0 Å². The van der Waals surface area contributed by atoms with Crippen molar-refractivity contribution < 1.29 is 23.7 Å². The van der Waals surface area contributed by atoms with Gasteiger partial charge in [-0.15, -0.1) is 5.10 Å². The van der Waals surface area contributed by atoms with Gasteiger partial charge in [0.1, 0.15) is 35.4 Å². The molecule has 204 valence electrons. The molecule has 1 aliphatic rings. The van der Waals surface area contributed by atoms with Crippen LogP contribution in [0.1, 0.15) is 42.9 Å². The second-order valence-electron chi connectivity index (χ2n) is 9.34. The van der Waals surface area contributed by atoms with E-state index in [0.717, 1.165) is 30.4 Å². The summed E-state index contributed by atoms with van der Waals surface area (Å²) in [6.45, 7) is 0.868. The van der Waals surface area contributed by atoms with Crippen LogP contribution in [0.4, 0.5) is 5.82 Å². The Morgan fingerprint density at radius 3 is 2.08 bits per heavy atom. The second-order valence-corrected chi connectivity index (χ2v) is 9.34. The molecule has 11 heteroatoms. The van der Waals surface area contributed by atoms with Gasteiger partial charge in [0.2, 0.25) is 0 Å². The number of ketones is 1. The zero-order valence-electron chi connectivity index (χ0n) is 22.6. The highest BCUT2D eigenvalue weighted by molar-refractivity contribution is 5.87.